The van der Waals surface area contributed by atoms with Gasteiger partial charge in [-0.25, -0.2) is 0 Å². The molecule has 0 radical (unpaired) electrons. The fourth-order valence-electron chi connectivity index (χ4n) is 1.93. The van der Waals surface area contributed by atoms with Gasteiger partial charge in [0.05, 0.1) is 5.56 Å². The lowest BCUT2D eigenvalue weighted by Crippen LogP contribution is -1.75. The van der Waals surface area contributed by atoms with E-state index in [0.717, 1.165) is 0 Å². The molecule has 3 aromatic rings. The molecular weight excluding hydrogens is 248 g/mol. The summed E-state index contributed by atoms with van der Waals surface area (Å²) in [7, 11) is 0. The third-order valence-electron chi connectivity index (χ3n) is 2.86. The van der Waals surface area contributed by atoms with E-state index in [4.69, 9.17) is 4.42 Å². The van der Waals surface area contributed by atoms with E-state index in [0.29, 0.717) is 22.3 Å². The lowest BCUT2D eigenvalue weighted by molar-refractivity contribution is 0.404. The predicted octanol–water partition coefficient (Wildman–Crippen LogP) is 2.92. The molecule has 5 heteroatoms. The Labute approximate surface area is 107 Å². The average molecular weight is 258 g/mol. The highest BCUT2D eigenvalue weighted by Crippen LogP contribution is 2.38. The van der Waals surface area contributed by atoms with Crippen LogP contribution in [-0.2, 0) is 0 Å². The molecule has 1 aromatic heterocycles. The fourth-order valence-corrected chi connectivity index (χ4v) is 1.93. The fraction of sp³-hybridized carbons (Fsp3) is 0. The van der Waals surface area contributed by atoms with Crippen LogP contribution in [0.2, 0.25) is 0 Å². The molecule has 0 atom stereocenters. The van der Waals surface area contributed by atoms with Gasteiger partial charge in [0, 0.05) is 17.5 Å². The van der Waals surface area contributed by atoms with Gasteiger partial charge >= 0.3 is 0 Å². The molecule has 0 unspecified atom stereocenters. The lowest BCUT2D eigenvalue weighted by Gasteiger charge is -2.01. The first-order chi connectivity index (χ1) is 9.04. The Morgan fingerprint density at radius 2 is 1.47 bits per heavy atom. The van der Waals surface area contributed by atoms with Crippen LogP contribution >= 0.6 is 0 Å². The Hall–Kier alpha value is -2.82. The second kappa shape index (κ2) is 3.84. The largest absolute Gasteiger partial charge is 0.508 e. The third-order valence-corrected chi connectivity index (χ3v) is 2.86. The minimum absolute atomic E-state index is 0.0485. The maximum atomic E-state index is 9.76. The second-order valence-corrected chi connectivity index (χ2v) is 4.19. The Morgan fingerprint density at radius 1 is 0.737 bits per heavy atom. The number of aromatic hydroxyl groups is 4. The minimum Gasteiger partial charge on any atom is -0.508 e. The van der Waals surface area contributed by atoms with Crippen molar-refractivity contribution in [2.75, 3.05) is 0 Å². The Bertz CT molecular complexity index is 734. The van der Waals surface area contributed by atoms with E-state index in [1.807, 2.05) is 0 Å². The van der Waals surface area contributed by atoms with Crippen LogP contribution in [0.5, 0.6) is 23.0 Å². The van der Waals surface area contributed by atoms with E-state index in [1.165, 1.54) is 30.3 Å². The van der Waals surface area contributed by atoms with E-state index in [-0.39, 0.29) is 23.0 Å². The van der Waals surface area contributed by atoms with Crippen molar-refractivity contribution in [3.05, 3.63) is 36.4 Å². The van der Waals surface area contributed by atoms with Crippen molar-refractivity contribution in [1.82, 2.24) is 0 Å². The molecule has 0 amide bonds. The summed E-state index contributed by atoms with van der Waals surface area (Å²) in [6.07, 6.45) is 0. The Balaban J connectivity index is 2.20. The van der Waals surface area contributed by atoms with Gasteiger partial charge in [-0.1, -0.05) is 0 Å². The van der Waals surface area contributed by atoms with E-state index in [9.17, 15) is 20.4 Å². The van der Waals surface area contributed by atoms with Gasteiger partial charge in [0.25, 0.3) is 0 Å². The minimum atomic E-state index is -0.275. The van der Waals surface area contributed by atoms with Crippen molar-refractivity contribution >= 4 is 11.0 Å². The smallest absolute Gasteiger partial charge is 0.161 e. The lowest BCUT2D eigenvalue weighted by atomic mass is 10.1. The standard InChI is InChI=1S/C14H10O5/c15-8-1-2-9(10(16)5-8)14-4-7-3-11(17)12(18)6-13(7)19-14/h1-6,15-18H. The van der Waals surface area contributed by atoms with Gasteiger partial charge in [-0.3, -0.25) is 0 Å². The van der Waals surface area contributed by atoms with Crippen molar-refractivity contribution in [2.24, 2.45) is 0 Å². The van der Waals surface area contributed by atoms with Crippen LogP contribution < -0.4 is 0 Å². The summed E-state index contributed by atoms with van der Waals surface area (Å²) in [5, 5.41) is 38.4. The molecule has 0 bridgehead atoms. The van der Waals surface area contributed by atoms with E-state index < -0.39 is 0 Å². The van der Waals surface area contributed by atoms with Gasteiger partial charge in [-0.2, -0.15) is 0 Å². The third kappa shape index (κ3) is 1.81. The van der Waals surface area contributed by atoms with Crippen LogP contribution in [0.3, 0.4) is 0 Å². The molecule has 5 nitrogen and oxygen atoms in total. The predicted molar refractivity (Wildman–Crippen MR) is 68.3 cm³/mol. The van der Waals surface area contributed by atoms with Gasteiger partial charge in [-0.15, -0.1) is 0 Å². The SMILES string of the molecule is Oc1ccc(-c2cc3cc(O)c(O)cc3o2)c(O)c1. The summed E-state index contributed by atoms with van der Waals surface area (Å²) in [5.41, 5.74) is 0.797. The maximum absolute atomic E-state index is 9.76. The number of hydrogen-bond acceptors (Lipinski definition) is 5. The number of benzene rings is 2. The molecule has 4 N–H and O–H groups in total. The summed E-state index contributed by atoms with van der Waals surface area (Å²) in [5.74, 6) is -0.309. The summed E-state index contributed by atoms with van der Waals surface area (Å²) in [4.78, 5) is 0. The van der Waals surface area contributed by atoms with Crippen LogP contribution in [0.1, 0.15) is 0 Å². The molecule has 2 aromatic carbocycles. The molecule has 0 saturated heterocycles. The number of furan rings is 1. The average Bonchev–Trinajstić information content (AvgIpc) is 2.72. The quantitative estimate of drug-likeness (QED) is 0.503. The molecule has 3 rings (SSSR count). The maximum Gasteiger partial charge on any atom is 0.161 e. The van der Waals surface area contributed by atoms with Gasteiger partial charge in [0.2, 0.25) is 0 Å². The topological polar surface area (TPSA) is 94.1 Å². The van der Waals surface area contributed by atoms with E-state index in [1.54, 1.807) is 6.07 Å². The van der Waals surface area contributed by atoms with Crippen molar-refractivity contribution in [3.63, 3.8) is 0 Å². The number of phenolic OH excluding ortho intramolecular Hbond substituents is 4. The number of rotatable bonds is 1. The van der Waals surface area contributed by atoms with Crippen LogP contribution in [0.4, 0.5) is 0 Å². The highest BCUT2D eigenvalue weighted by molar-refractivity contribution is 5.86. The zero-order valence-electron chi connectivity index (χ0n) is 9.66. The highest BCUT2D eigenvalue weighted by Gasteiger charge is 2.13. The first-order valence-electron chi connectivity index (χ1n) is 5.52. The first kappa shape index (κ1) is 11.3. The van der Waals surface area contributed by atoms with Gasteiger partial charge < -0.3 is 24.8 Å². The van der Waals surface area contributed by atoms with Crippen molar-refractivity contribution in [3.8, 4) is 34.3 Å². The number of hydrogen-bond donors (Lipinski definition) is 4. The molecule has 0 spiro atoms. The van der Waals surface area contributed by atoms with Crippen molar-refractivity contribution in [1.29, 1.82) is 0 Å². The van der Waals surface area contributed by atoms with Gasteiger partial charge in [0.15, 0.2) is 11.5 Å². The van der Waals surface area contributed by atoms with Crippen LogP contribution in [0, 0.1) is 0 Å². The van der Waals surface area contributed by atoms with E-state index >= 15 is 0 Å². The van der Waals surface area contributed by atoms with Crippen molar-refractivity contribution < 1.29 is 24.8 Å². The first-order valence-corrected chi connectivity index (χ1v) is 5.52. The van der Waals surface area contributed by atoms with Crippen LogP contribution in [0.25, 0.3) is 22.3 Å². The molecule has 0 aliphatic heterocycles. The zero-order chi connectivity index (χ0) is 13.6. The molecular formula is C14H10O5. The molecule has 96 valence electrons. The summed E-state index contributed by atoms with van der Waals surface area (Å²) >= 11 is 0. The van der Waals surface area contributed by atoms with E-state index in [2.05, 4.69) is 0 Å². The molecule has 0 aliphatic rings. The Kier molecular flexibility index (Phi) is 2.28. The monoisotopic (exact) mass is 258 g/mol. The normalized spacial score (nSPS) is 10.9. The molecule has 0 fully saturated rings. The summed E-state index contributed by atoms with van der Waals surface area (Å²) in [6, 6.07) is 8.44. The van der Waals surface area contributed by atoms with Crippen molar-refractivity contribution in [2.45, 2.75) is 0 Å². The number of phenols is 4. The highest BCUT2D eigenvalue weighted by atomic mass is 16.3. The zero-order valence-corrected chi connectivity index (χ0v) is 9.66. The molecule has 19 heavy (non-hydrogen) atoms. The van der Waals surface area contributed by atoms with Crippen LogP contribution in [-0.4, -0.2) is 20.4 Å². The van der Waals surface area contributed by atoms with Crippen LogP contribution in [0.15, 0.2) is 40.8 Å². The summed E-state index contributed by atoms with van der Waals surface area (Å²) in [6.45, 7) is 0. The molecule has 0 aliphatic carbocycles. The van der Waals surface area contributed by atoms with Gasteiger partial charge in [-0.05, 0) is 24.3 Å². The number of fused-ring (bicyclic) bond motifs is 1. The molecule has 1 heterocycles. The molecule has 0 saturated carbocycles. The van der Waals surface area contributed by atoms with Gasteiger partial charge in [0.1, 0.15) is 22.8 Å². The Morgan fingerprint density at radius 3 is 2.21 bits per heavy atom. The summed E-state index contributed by atoms with van der Waals surface area (Å²) < 4.78 is 5.50. The second-order valence-electron chi connectivity index (χ2n) is 4.19.